The standard InChI is InChI=1S/C4H3N7S/c1(3-5-9-10-6-3)2-4-7-11-12-8-4/h1-2H,(H,5,6,9,10)/b2-1+. The zero-order valence-electron chi connectivity index (χ0n) is 5.75. The summed E-state index contributed by atoms with van der Waals surface area (Å²) in [5, 5.41) is 16.7. The summed E-state index contributed by atoms with van der Waals surface area (Å²) in [7, 11) is 0. The Bertz CT molecular complexity index is 312. The molecule has 2 heterocycles. The second kappa shape index (κ2) is 3.13. The molecule has 2 aromatic heterocycles. The summed E-state index contributed by atoms with van der Waals surface area (Å²) in [6.45, 7) is 0. The summed E-state index contributed by atoms with van der Waals surface area (Å²) >= 11 is 1.05. The van der Waals surface area contributed by atoms with Crippen LogP contribution in [0.4, 0.5) is 0 Å². The molecule has 2 aromatic rings. The molecule has 0 aliphatic carbocycles. The molecule has 8 heteroatoms. The fraction of sp³-hybridized carbons (Fsp3) is 0. The zero-order chi connectivity index (χ0) is 8.23. The summed E-state index contributed by atoms with van der Waals surface area (Å²) < 4.78 is 7.46. The molecule has 0 aliphatic heterocycles. The number of hydrogen-bond acceptors (Lipinski definition) is 7. The average molecular weight is 181 g/mol. The fourth-order valence-corrected chi connectivity index (χ4v) is 0.930. The minimum Gasteiger partial charge on any atom is -0.239 e. The maximum Gasteiger partial charge on any atom is 0.189 e. The Balaban J connectivity index is 2.14. The molecule has 0 radical (unpaired) electrons. The van der Waals surface area contributed by atoms with Crippen molar-refractivity contribution < 1.29 is 0 Å². The first-order valence-electron chi connectivity index (χ1n) is 3.02. The van der Waals surface area contributed by atoms with E-state index in [-0.39, 0.29) is 0 Å². The van der Waals surface area contributed by atoms with E-state index in [1.165, 1.54) is 0 Å². The highest BCUT2D eigenvalue weighted by atomic mass is 32.1. The van der Waals surface area contributed by atoms with Crippen LogP contribution < -0.4 is 0 Å². The molecule has 0 unspecified atom stereocenters. The van der Waals surface area contributed by atoms with Crippen LogP contribution in [0.3, 0.4) is 0 Å². The van der Waals surface area contributed by atoms with Gasteiger partial charge in [0.15, 0.2) is 11.6 Å². The number of H-pyrrole nitrogens is 1. The topological polar surface area (TPSA) is 93.1 Å². The van der Waals surface area contributed by atoms with Gasteiger partial charge in [0.25, 0.3) is 0 Å². The van der Waals surface area contributed by atoms with Gasteiger partial charge < -0.3 is 0 Å². The number of aromatic amines is 1. The minimum absolute atomic E-state index is 0.552. The van der Waals surface area contributed by atoms with Crippen molar-refractivity contribution >= 4 is 23.9 Å². The molecule has 0 fully saturated rings. The normalized spacial score (nSPS) is 11.0. The first-order valence-corrected chi connectivity index (χ1v) is 3.75. The van der Waals surface area contributed by atoms with E-state index < -0.39 is 0 Å². The monoisotopic (exact) mass is 181 g/mol. The highest BCUT2D eigenvalue weighted by Crippen LogP contribution is 1.96. The third-order valence-electron chi connectivity index (χ3n) is 1.07. The quantitative estimate of drug-likeness (QED) is 0.678. The van der Waals surface area contributed by atoms with Crippen molar-refractivity contribution in [2.45, 2.75) is 0 Å². The summed E-state index contributed by atoms with van der Waals surface area (Å²) in [6.07, 6.45) is 3.34. The summed E-state index contributed by atoms with van der Waals surface area (Å²) in [5.41, 5.74) is 0. The van der Waals surface area contributed by atoms with Gasteiger partial charge in [0.1, 0.15) is 0 Å². The Hall–Kier alpha value is -1.70. The summed E-state index contributed by atoms with van der Waals surface area (Å²) in [4.78, 5) is 0. The second-order valence-electron chi connectivity index (χ2n) is 1.83. The molecular formula is C4H3N7S. The van der Waals surface area contributed by atoms with Crippen LogP contribution in [0.5, 0.6) is 0 Å². The van der Waals surface area contributed by atoms with Gasteiger partial charge in [0, 0.05) is 0 Å². The molecule has 0 amide bonds. The van der Waals surface area contributed by atoms with Crippen molar-refractivity contribution in [1.29, 1.82) is 0 Å². The van der Waals surface area contributed by atoms with Crippen LogP contribution in [0.25, 0.3) is 12.2 Å². The summed E-state index contributed by atoms with van der Waals surface area (Å²) in [5.74, 6) is 1.11. The van der Waals surface area contributed by atoms with Gasteiger partial charge in [0.05, 0.1) is 11.7 Å². The average Bonchev–Trinajstić information content (AvgIpc) is 2.74. The Morgan fingerprint density at radius 2 is 2.25 bits per heavy atom. The highest BCUT2D eigenvalue weighted by molar-refractivity contribution is 6.98. The van der Waals surface area contributed by atoms with Gasteiger partial charge in [-0.1, -0.05) is 4.49 Å². The van der Waals surface area contributed by atoms with Gasteiger partial charge in [-0.05, 0) is 22.6 Å². The molecule has 60 valence electrons. The van der Waals surface area contributed by atoms with E-state index in [9.17, 15) is 0 Å². The predicted molar refractivity (Wildman–Crippen MR) is 40.8 cm³/mol. The Morgan fingerprint density at radius 1 is 1.25 bits per heavy atom. The Labute approximate surface area is 70.9 Å². The van der Waals surface area contributed by atoms with Crippen molar-refractivity contribution in [2.75, 3.05) is 0 Å². The lowest BCUT2D eigenvalue weighted by Crippen LogP contribution is -1.77. The largest absolute Gasteiger partial charge is 0.239 e. The van der Waals surface area contributed by atoms with E-state index in [4.69, 9.17) is 0 Å². The van der Waals surface area contributed by atoms with Gasteiger partial charge in [-0.3, -0.25) is 0 Å². The number of rotatable bonds is 2. The molecule has 0 saturated carbocycles. The molecule has 7 nitrogen and oxygen atoms in total. The first kappa shape index (κ1) is 6.98. The minimum atomic E-state index is 0.552. The SMILES string of the molecule is C(=C\c1nnn[nH]1)/c1nnsn1. The molecule has 0 atom stereocenters. The van der Waals surface area contributed by atoms with E-state index in [0.717, 1.165) is 11.7 Å². The molecule has 1 N–H and O–H groups in total. The zero-order valence-corrected chi connectivity index (χ0v) is 6.56. The smallest absolute Gasteiger partial charge is 0.189 e. The van der Waals surface area contributed by atoms with Crippen LogP contribution in [0, 0.1) is 0 Å². The lowest BCUT2D eigenvalue weighted by Gasteiger charge is -1.76. The fourth-order valence-electron chi connectivity index (χ4n) is 0.593. The molecule has 0 bridgehead atoms. The van der Waals surface area contributed by atoms with E-state index in [2.05, 4.69) is 34.6 Å². The second-order valence-corrected chi connectivity index (χ2v) is 2.34. The number of aromatic nitrogens is 7. The summed E-state index contributed by atoms with van der Waals surface area (Å²) in [6, 6.07) is 0. The highest BCUT2D eigenvalue weighted by Gasteiger charge is 1.92. The van der Waals surface area contributed by atoms with Gasteiger partial charge >= 0.3 is 0 Å². The lowest BCUT2D eigenvalue weighted by atomic mass is 10.5. The van der Waals surface area contributed by atoms with Gasteiger partial charge in [-0.15, -0.1) is 10.2 Å². The number of tetrazole rings is 1. The van der Waals surface area contributed by atoms with Crippen molar-refractivity contribution in [3.63, 3.8) is 0 Å². The van der Waals surface area contributed by atoms with E-state index >= 15 is 0 Å². The maximum atomic E-state index is 3.87. The van der Waals surface area contributed by atoms with Crippen molar-refractivity contribution in [3.05, 3.63) is 11.6 Å². The number of hydrogen-bond donors (Lipinski definition) is 1. The van der Waals surface area contributed by atoms with Crippen LogP contribution in [0.1, 0.15) is 11.6 Å². The van der Waals surface area contributed by atoms with Gasteiger partial charge in [-0.2, -0.15) is 4.37 Å². The molecule has 0 saturated heterocycles. The number of nitrogens with zero attached hydrogens (tertiary/aromatic N) is 6. The van der Waals surface area contributed by atoms with Crippen LogP contribution in [0.15, 0.2) is 0 Å². The van der Waals surface area contributed by atoms with Crippen LogP contribution in [0.2, 0.25) is 0 Å². The van der Waals surface area contributed by atoms with E-state index in [1.807, 2.05) is 0 Å². The predicted octanol–water partition coefficient (Wildman–Crippen LogP) is -0.383. The third-order valence-corrected chi connectivity index (χ3v) is 1.49. The molecule has 12 heavy (non-hydrogen) atoms. The molecule has 0 aromatic carbocycles. The molecular weight excluding hydrogens is 178 g/mol. The van der Waals surface area contributed by atoms with Gasteiger partial charge in [0.2, 0.25) is 0 Å². The van der Waals surface area contributed by atoms with Crippen molar-refractivity contribution in [1.82, 2.24) is 34.6 Å². The Morgan fingerprint density at radius 3 is 2.92 bits per heavy atom. The molecule has 0 spiro atoms. The molecule has 2 rings (SSSR count). The first-order chi connectivity index (χ1) is 5.95. The van der Waals surface area contributed by atoms with Crippen LogP contribution in [-0.2, 0) is 0 Å². The van der Waals surface area contributed by atoms with E-state index in [1.54, 1.807) is 12.2 Å². The third kappa shape index (κ3) is 1.48. The maximum absolute atomic E-state index is 3.87. The lowest BCUT2D eigenvalue weighted by molar-refractivity contribution is 0.881. The Kier molecular flexibility index (Phi) is 1.82. The van der Waals surface area contributed by atoms with Crippen molar-refractivity contribution in [2.24, 2.45) is 0 Å². The van der Waals surface area contributed by atoms with Crippen LogP contribution >= 0.6 is 11.7 Å². The van der Waals surface area contributed by atoms with Crippen LogP contribution in [-0.4, -0.2) is 34.6 Å². The van der Waals surface area contributed by atoms with E-state index in [0.29, 0.717) is 11.6 Å². The molecule has 0 aliphatic rings. The van der Waals surface area contributed by atoms with Crippen molar-refractivity contribution in [3.8, 4) is 0 Å². The van der Waals surface area contributed by atoms with Gasteiger partial charge in [-0.25, -0.2) is 5.10 Å². The number of nitrogens with one attached hydrogen (secondary N) is 1.